The van der Waals surface area contributed by atoms with Crippen molar-refractivity contribution in [2.24, 2.45) is 5.41 Å². The molecule has 2 heteroatoms. The van der Waals surface area contributed by atoms with Gasteiger partial charge in [0.05, 0.1) is 6.10 Å². The molecule has 2 saturated heterocycles. The Kier molecular flexibility index (Phi) is 2.92. The van der Waals surface area contributed by atoms with Crippen molar-refractivity contribution in [1.29, 1.82) is 0 Å². The van der Waals surface area contributed by atoms with Crippen LogP contribution >= 0.6 is 0 Å². The van der Waals surface area contributed by atoms with Crippen molar-refractivity contribution in [3.05, 3.63) is 12.2 Å². The maximum absolute atomic E-state index is 5.55. The number of hydrogen-bond donors (Lipinski definition) is 0. The molecular weight excluding hydrogens is 198 g/mol. The predicted molar refractivity (Wildman–Crippen MR) is 67.5 cm³/mol. The molecule has 0 aliphatic carbocycles. The van der Waals surface area contributed by atoms with Gasteiger partial charge in [-0.05, 0) is 24.7 Å². The van der Waals surface area contributed by atoms with Crippen LogP contribution < -0.4 is 0 Å². The highest BCUT2D eigenvalue weighted by atomic mass is 16.5. The van der Waals surface area contributed by atoms with E-state index in [-0.39, 0.29) is 5.54 Å². The lowest BCUT2D eigenvalue weighted by atomic mass is 9.75. The summed E-state index contributed by atoms with van der Waals surface area (Å²) in [6.07, 6.45) is 3.92. The number of hydrogen-bond acceptors (Lipinski definition) is 2. The molecule has 2 aliphatic heterocycles. The van der Waals surface area contributed by atoms with Crippen LogP contribution in [-0.4, -0.2) is 36.7 Å². The van der Waals surface area contributed by atoms with Crippen molar-refractivity contribution in [2.45, 2.75) is 51.7 Å². The molecule has 0 aromatic rings. The Labute approximate surface area is 99.7 Å². The lowest BCUT2D eigenvalue weighted by Gasteiger charge is -2.38. The van der Waals surface area contributed by atoms with E-state index in [0.717, 1.165) is 13.0 Å². The zero-order chi connectivity index (χ0) is 12.0. The Bertz CT molecular complexity index is 292. The number of methoxy groups -OCH3 is 1. The minimum atomic E-state index is 0.235. The normalized spacial score (nSPS) is 35.8. The Hall–Kier alpha value is -0.340. The number of ether oxygens (including phenoxy) is 1. The van der Waals surface area contributed by atoms with Crippen molar-refractivity contribution in [3.8, 4) is 0 Å². The van der Waals surface area contributed by atoms with Gasteiger partial charge >= 0.3 is 0 Å². The van der Waals surface area contributed by atoms with Crippen LogP contribution in [0.5, 0.6) is 0 Å². The quantitative estimate of drug-likeness (QED) is 0.667. The first kappa shape index (κ1) is 12.1. The smallest absolute Gasteiger partial charge is 0.0719 e. The summed E-state index contributed by atoms with van der Waals surface area (Å²) in [4.78, 5) is 2.61. The summed E-state index contributed by atoms with van der Waals surface area (Å²) in [5.41, 5.74) is 2.02. The summed E-state index contributed by atoms with van der Waals surface area (Å²) in [5, 5.41) is 0. The van der Waals surface area contributed by atoms with E-state index in [0.29, 0.717) is 11.5 Å². The molecular formula is C14H25NO. The summed E-state index contributed by atoms with van der Waals surface area (Å²) < 4.78 is 5.55. The van der Waals surface area contributed by atoms with E-state index < -0.39 is 0 Å². The average Bonchev–Trinajstić information content (AvgIpc) is 2.62. The third kappa shape index (κ3) is 1.93. The number of fused-ring (bicyclic) bond motifs is 1. The van der Waals surface area contributed by atoms with Crippen LogP contribution in [0.1, 0.15) is 40.0 Å². The van der Waals surface area contributed by atoms with Crippen molar-refractivity contribution in [1.82, 2.24) is 4.90 Å². The predicted octanol–water partition coefficient (Wildman–Crippen LogP) is 2.84. The molecule has 2 aliphatic rings. The van der Waals surface area contributed by atoms with E-state index in [4.69, 9.17) is 4.74 Å². The van der Waals surface area contributed by atoms with Gasteiger partial charge < -0.3 is 4.74 Å². The van der Waals surface area contributed by atoms with Crippen LogP contribution in [0.15, 0.2) is 12.2 Å². The van der Waals surface area contributed by atoms with Crippen LogP contribution in [0, 0.1) is 5.41 Å². The minimum absolute atomic E-state index is 0.235. The molecule has 2 heterocycles. The molecule has 0 saturated carbocycles. The van der Waals surface area contributed by atoms with E-state index >= 15 is 0 Å². The van der Waals surface area contributed by atoms with Crippen LogP contribution in [0.4, 0.5) is 0 Å². The summed E-state index contributed by atoms with van der Waals surface area (Å²) >= 11 is 0. The molecule has 0 radical (unpaired) electrons. The van der Waals surface area contributed by atoms with Crippen molar-refractivity contribution in [2.75, 3.05) is 20.2 Å². The Morgan fingerprint density at radius 1 is 1.50 bits per heavy atom. The molecule has 0 aromatic heterocycles. The topological polar surface area (TPSA) is 12.5 Å². The summed E-state index contributed by atoms with van der Waals surface area (Å²) in [6, 6.07) is 0. The summed E-state index contributed by atoms with van der Waals surface area (Å²) in [5.74, 6) is 0. The molecule has 0 aromatic carbocycles. The first-order chi connectivity index (χ1) is 7.37. The van der Waals surface area contributed by atoms with Crippen molar-refractivity contribution in [3.63, 3.8) is 0 Å². The number of rotatable bonds is 2. The monoisotopic (exact) mass is 223 g/mol. The second-order valence-corrected chi connectivity index (χ2v) is 6.63. The van der Waals surface area contributed by atoms with Gasteiger partial charge in [0.2, 0.25) is 0 Å². The second kappa shape index (κ2) is 3.85. The minimum Gasteiger partial charge on any atom is -0.380 e. The SMILES string of the molecule is C=C1CCN2CC(OC)C[C@]12CC(C)(C)C. The largest absolute Gasteiger partial charge is 0.380 e. The van der Waals surface area contributed by atoms with Crippen LogP contribution in [-0.2, 0) is 4.74 Å². The molecule has 0 N–H and O–H groups in total. The van der Waals surface area contributed by atoms with E-state index in [1.165, 1.54) is 25.0 Å². The fraction of sp³-hybridized carbons (Fsp3) is 0.857. The van der Waals surface area contributed by atoms with Crippen molar-refractivity contribution >= 4 is 0 Å². The Balaban J connectivity index is 2.23. The molecule has 0 spiro atoms. The third-order valence-electron chi connectivity index (χ3n) is 4.09. The highest BCUT2D eigenvalue weighted by molar-refractivity contribution is 5.27. The van der Waals surface area contributed by atoms with Gasteiger partial charge in [-0.3, -0.25) is 4.90 Å². The molecule has 0 amide bonds. The van der Waals surface area contributed by atoms with Crippen LogP contribution in [0.2, 0.25) is 0 Å². The fourth-order valence-electron chi connectivity index (χ4n) is 3.51. The molecule has 0 bridgehead atoms. The van der Waals surface area contributed by atoms with Gasteiger partial charge in [-0.15, -0.1) is 0 Å². The van der Waals surface area contributed by atoms with E-state index in [1.807, 2.05) is 7.11 Å². The molecule has 1 unspecified atom stereocenters. The first-order valence-electron chi connectivity index (χ1n) is 6.33. The van der Waals surface area contributed by atoms with Gasteiger partial charge in [-0.2, -0.15) is 0 Å². The average molecular weight is 223 g/mol. The van der Waals surface area contributed by atoms with Crippen LogP contribution in [0.3, 0.4) is 0 Å². The fourth-order valence-corrected chi connectivity index (χ4v) is 3.51. The standard InChI is InChI=1S/C14H25NO/c1-11-6-7-15-9-12(16-5)8-14(11,15)10-13(2,3)4/h12H,1,6-10H2,2-5H3/t12?,14-/m0/s1. The van der Waals surface area contributed by atoms with E-state index in [9.17, 15) is 0 Å². The van der Waals surface area contributed by atoms with Gasteiger partial charge in [0, 0.05) is 25.7 Å². The maximum atomic E-state index is 5.55. The molecule has 2 fully saturated rings. The van der Waals surface area contributed by atoms with Gasteiger partial charge in [0.25, 0.3) is 0 Å². The van der Waals surface area contributed by atoms with E-state index in [2.05, 4.69) is 32.3 Å². The Morgan fingerprint density at radius 2 is 2.19 bits per heavy atom. The first-order valence-corrected chi connectivity index (χ1v) is 6.33. The van der Waals surface area contributed by atoms with Gasteiger partial charge in [0.15, 0.2) is 0 Å². The molecule has 16 heavy (non-hydrogen) atoms. The maximum Gasteiger partial charge on any atom is 0.0719 e. The number of nitrogens with zero attached hydrogens (tertiary/aromatic N) is 1. The highest BCUT2D eigenvalue weighted by Crippen LogP contribution is 2.48. The Morgan fingerprint density at radius 3 is 2.75 bits per heavy atom. The molecule has 2 atom stereocenters. The zero-order valence-corrected chi connectivity index (χ0v) is 11.2. The summed E-state index contributed by atoms with van der Waals surface area (Å²) in [7, 11) is 1.83. The zero-order valence-electron chi connectivity index (χ0n) is 11.2. The van der Waals surface area contributed by atoms with Gasteiger partial charge in [-0.25, -0.2) is 0 Å². The lowest BCUT2D eigenvalue weighted by molar-refractivity contribution is 0.108. The second-order valence-electron chi connectivity index (χ2n) is 6.63. The van der Waals surface area contributed by atoms with Gasteiger partial charge in [-0.1, -0.05) is 32.9 Å². The highest BCUT2D eigenvalue weighted by Gasteiger charge is 2.52. The van der Waals surface area contributed by atoms with E-state index in [1.54, 1.807) is 0 Å². The molecule has 2 rings (SSSR count). The molecule has 92 valence electrons. The van der Waals surface area contributed by atoms with Crippen LogP contribution in [0.25, 0.3) is 0 Å². The third-order valence-corrected chi connectivity index (χ3v) is 4.09. The lowest BCUT2D eigenvalue weighted by Crippen LogP contribution is -2.42. The van der Waals surface area contributed by atoms with Gasteiger partial charge in [0.1, 0.15) is 0 Å². The summed E-state index contributed by atoms with van der Waals surface area (Å²) in [6.45, 7) is 13.6. The molecule has 2 nitrogen and oxygen atoms in total. The van der Waals surface area contributed by atoms with Crippen molar-refractivity contribution < 1.29 is 4.74 Å².